The molecule has 1 aliphatic rings. The highest BCUT2D eigenvalue weighted by molar-refractivity contribution is 6.31. The van der Waals surface area contributed by atoms with Gasteiger partial charge in [0.25, 0.3) is 11.8 Å². The molecule has 0 unspecified atom stereocenters. The molecule has 30 heavy (non-hydrogen) atoms. The molecule has 10 nitrogen and oxygen atoms in total. The molecule has 2 amide bonds. The second-order valence-electron chi connectivity index (χ2n) is 6.24. The van der Waals surface area contributed by atoms with Gasteiger partial charge in [0.15, 0.2) is 11.9 Å². The Hall–Kier alpha value is -4.21. The summed E-state index contributed by atoms with van der Waals surface area (Å²) in [7, 11) is 1.17. The third kappa shape index (κ3) is 4.12. The van der Waals surface area contributed by atoms with E-state index in [2.05, 4.69) is 10.2 Å². The van der Waals surface area contributed by atoms with Crippen LogP contribution < -0.4 is 15.2 Å². The molecule has 0 spiro atoms. The number of carbonyl (C=O) groups is 3. The SMILES string of the molecule is COC(=O)[C@@H](C)Oc1ccc(/C=C2/C(=O)NN(c3ccccc3)C2=O)cc1[N+](=O)[O-]. The van der Waals surface area contributed by atoms with E-state index in [1.165, 1.54) is 32.2 Å². The van der Waals surface area contributed by atoms with Gasteiger partial charge in [-0.1, -0.05) is 24.3 Å². The van der Waals surface area contributed by atoms with E-state index in [1.807, 2.05) is 0 Å². The van der Waals surface area contributed by atoms with E-state index in [1.54, 1.807) is 30.3 Å². The molecule has 1 aliphatic heterocycles. The van der Waals surface area contributed by atoms with Crippen LogP contribution in [-0.2, 0) is 19.1 Å². The van der Waals surface area contributed by atoms with Crippen LogP contribution in [0.25, 0.3) is 6.08 Å². The van der Waals surface area contributed by atoms with Gasteiger partial charge < -0.3 is 9.47 Å². The van der Waals surface area contributed by atoms with Crippen molar-refractivity contribution < 1.29 is 28.8 Å². The summed E-state index contributed by atoms with van der Waals surface area (Å²) >= 11 is 0. The Kier molecular flexibility index (Phi) is 5.77. The Labute approximate surface area is 170 Å². The van der Waals surface area contributed by atoms with Crippen LogP contribution in [0.4, 0.5) is 11.4 Å². The van der Waals surface area contributed by atoms with E-state index in [0.29, 0.717) is 5.69 Å². The minimum atomic E-state index is -1.06. The smallest absolute Gasteiger partial charge is 0.346 e. The number of hydrogen-bond acceptors (Lipinski definition) is 7. The molecule has 154 valence electrons. The van der Waals surface area contributed by atoms with Crippen LogP contribution in [-0.4, -0.2) is 35.9 Å². The summed E-state index contributed by atoms with van der Waals surface area (Å²) in [6.07, 6.45) is 0.195. The van der Waals surface area contributed by atoms with Gasteiger partial charge in [0.2, 0.25) is 0 Å². The van der Waals surface area contributed by atoms with Crippen molar-refractivity contribution >= 4 is 35.2 Å². The summed E-state index contributed by atoms with van der Waals surface area (Å²) in [6.45, 7) is 1.39. The van der Waals surface area contributed by atoms with Gasteiger partial charge in [-0.3, -0.25) is 25.1 Å². The van der Waals surface area contributed by atoms with Crippen LogP contribution in [0.1, 0.15) is 12.5 Å². The number of carbonyl (C=O) groups excluding carboxylic acids is 3. The maximum atomic E-state index is 12.6. The molecular formula is C20H17N3O7. The van der Waals surface area contributed by atoms with E-state index in [4.69, 9.17) is 4.74 Å². The van der Waals surface area contributed by atoms with E-state index < -0.39 is 34.5 Å². The number of nitrogens with one attached hydrogen (secondary N) is 1. The molecule has 10 heteroatoms. The standard InChI is InChI=1S/C20H17N3O7/c1-12(20(26)29-2)30-17-9-8-13(11-16(17)23(27)28)10-15-18(24)21-22(19(15)25)14-6-4-3-5-7-14/h3-12H,1-2H3,(H,21,24)/b15-10-/t12-/m1/s1. The molecule has 1 atom stereocenters. The zero-order chi connectivity index (χ0) is 21.8. The zero-order valence-corrected chi connectivity index (χ0v) is 16.0. The molecule has 0 radical (unpaired) electrons. The van der Waals surface area contributed by atoms with E-state index in [9.17, 15) is 24.5 Å². The van der Waals surface area contributed by atoms with Gasteiger partial charge in [-0.05, 0) is 36.8 Å². The fourth-order valence-electron chi connectivity index (χ4n) is 2.75. The predicted octanol–water partition coefficient (Wildman–Crippen LogP) is 2.00. The van der Waals surface area contributed by atoms with Crippen molar-refractivity contribution in [3.05, 3.63) is 69.8 Å². The molecule has 2 aromatic carbocycles. The third-order valence-electron chi connectivity index (χ3n) is 4.23. The first-order valence-corrected chi connectivity index (χ1v) is 8.77. The van der Waals surface area contributed by atoms with Gasteiger partial charge in [-0.15, -0.1) is 0 Å². The third-order valence-corrected chi connectivity index (χ3v) is 4.23. The van der Waals surface area contributed by atoms with Gasteiger partial charge in [-0.25, -0.2) is 9.80 Å². The largest absolute Gasteiger partial charge is 0.472 e. The lowest BCUT2D eigenvalue weighted by atomic mass is 10.1. The molecule has 1 fully saturated rings. The number of methoxy groups -OCH3 is 1. The van der Waals surface area contributed by atoms with Crippen molar-refractivity contribution in [2.45, 2.75) is 13.0 Å². The number of para-hydroxylation sites is 1. The summed E-state index contributed by atoms with van der Waals surface area (Å²) in [5.41, 5.74) is 2.57. The Bertz CT molecular complexity index is 1050. The quantitative estimate of drug-likeness (QED) is 0.253. The number of anilines is 1. The van der Waals surface area contributed by atoms with Crippen LogP contribution in [0, 0.1) is 10.1 Å². The van der Waals surface area contributed by atoms with Crippen LogP contribution in [0.3, 0.4) is 0 Å². The number of esters is 1. The zero-order valence-electron chi connectivity index (χ0n) is 16.0. The highest BCUT2D eigenvalue weighted by Gasteiger charge is 2.34. The maximum Gasteiger partial charge on any atom is 0.346 e. The normalized spacial score (nSPS) is 15.7. The first-order chi connectivity index (χ1) is 14.3. The molecule has 1 N–H and O–H groups in total. The summed E-state index contributed by atoms with van der Waals surface area (Å²) < 4.78 is 9.85. The summed E-state index contributed by atoms with van der Waals surface area (Å²) in [5.74, 6) is -2.06. The molecule has 0 aliphatic carbocycles. The maximum absolute atomic E-state index is 12.6. The average Bonchev–Trinajstić information content (AvgIpc) is 3.02. The highest BCUT2D eigenvalue weighted by atomic mass is 16.6. The summed E-state index contributed by atoms with van der Waals surface area (Å²) in [5, 5.41) is 12.5. The molecule has 2 aromatic rings. The lowest BCUT2D eigenvalue weighted by Gasteiger charge is -2.14. The number of nitro groups is 1. The fraction of sp³-hybridized carbons (Fsp3) is 0.150. The first kappa shape index (κ1) is 20.5. The van der Waals surface area contributed by atoms with E-state index >= 15 is 0 Å². The van der Waals surface area contributed by atoms with Crippen molar-refractivity contribution in [1.29, 1.82) is 0 Å². The van der Waals surface area contributed by atoms with Crippen molar-refractivity contribution in [2.24, 2.45) is 0 Å². The van der Waals surface area contributed by atoms with Gasteiger partial charge in [0.05, 0.1) is 17.7 Å². The number of hydrogen-bond donors (Lipinski definition) is 1. The van der Waals surface area contributed by atoms with Crippen molar-refractivity contribution in [1.82, 2.24) is 5.43 Å². The number of amides is 2. The highest BCUT2D eigenvalue weighted by Crippen LogP contribution is 2.30. The Morgan fingerprint density at radius 2 is 1.90 bits per heavy atom. The topological polar surface area (TPSA) is 128 Å². The molecule has 3 rings (SSSR count). The predicted molar refractivity (Wildman–Crippen MR) is 105 cm³/mol. The molecular weight excluding hydrogens is 394 g/mol. The van der Waals surface area contributed by atoms with Crippen LogP contribution in [0.5, 0.6) is 5.75 Å². The molecule has 1 saturated heterocycles. The second-order valence-corrected chi connectivity index (χ2v) is 6.24. The van der Waals surface area contributed by atoms with Crippen LogP contribution >= 0.6 is 0 Å². The lowest BCUT2D eigenvalue weighted by Crippen LogP contribution is -2.35. The van der Waals surface area contributed by atoms with Crippen molar-refractivity contribution in [3.8, 4) is 5.75 Å². The van der Waals surface area contributed by atoms with Gasteiger partial charge in [-0.2, -0.15) is 0 Å². The number of benzene rings is 2. The van der Waals surface area contributed by atoms with Crippen molar-refractivity contribution in [2.75, 3.05) is 12.1 Å². The second kappa shape index (κ2) is 8.43. The molecule has 0 bridgehead atoms. The minimum Gasteiger partial charge on any atom is -0.472 e. The number of nitro benzene ring substituents is 1. The molecule has 0 aromatic heterocycles. The molecule has 0 saturated carbocycles. The van der Waals surface area contributed by atoms with Gasteiger partial charge >= 0.3 is 11.7 Å². The van der Waals surface area contributed by atoms with Gasteiger partial charge in [0, 0.05) is 6.07 Å². The number of ether oxygens (including phenoxy) is 2. The Morgan fingerprint density at radius 3 is 2.53 bits per heavy atom. The Morgan fingerprint density at radius 1 is 1.20 bits per heavy atom. The van der Waals surface area contributed by atoms with E-state index in [0.717, 1.165) is 11.1 Å². The number of rotatable bonds is 6. The lowest BCUT2D eigenvalue weighted by molar-refractivity contribution is -0.386. The number of hydrazine groups is 1. The van der Waals surface area contributed by atoms with Crippen molar-refractivity contribution in [3.63, 3.8) is 0 Å². The van der Waals surface area contributed by atoms with Crippen LogP contribution in [0.15, 0.2) is 54.1 Å². The number of nitrogens with zero attached hydrogens (tertiary/aromatic N) is 2. The summed E-state index contributed by atoms with van der Waals surface area (Å²) in [6, 6.07) is 12.4. The monoisotopic (exact) mass is 411 g/mol. The summed E-state index contributed by atoms with van der Waals surface area (Å²) in [4.78, 5) is 47.1. The Balaban J connectivity index is 1.90. The minimum absolute atomic E-state index is 0.145. The first-order valence-electron chi connectivity index (χ1n) is 8.77. The van der Waals surface area contributed by atoms with E-state index in [-0.39, 0.29) is 16.9 Å². The van der Waals surface area contributed by atoms with Crippen LogP contribution in [0.2, 0.25) is 0 Å². The molecule has 1 heterocycles. The van der Waals surface area contributed by atoms with Gasteiger partial charge in [0.1, 0.15) is 5.57 Å². The fourth-order valence-corrected chi connectivity index (χ4v) is 2.75. The average molecular weight is 411 g/mol.